The molecule has 252 valence electrons. The van der Waals surface area contributed by atoms with Gasteiger partial charge in [0.2, 0.25) is 0 Å². The van der Waals surface area contributed by atoms with Gasteiger partial charge in [0.05, 0.1) is 19.8 Å². The summed E-state index contributed by atoms with van der Waals surface area (Å²) in [5.74, 6) is -0.586. The van der Waals surface area contributed by atoms with Crippen LogP contribution in [-0.2, 0) is 19.1 Å². The van der Waals surface area contributed by atoms with Crippen molar-refractivity contribution in [1.29, 1.82) is 0 Å². The van der Waals surface area contributed by atoms with Crippen molar-refractivity contribution in [2.75, 3.05) is 26.4 Å². The van der Waals surface area contributed by atoms with Crippen LogP contribution < -0.4 is 0 Å². The van der Waals surface area contributed by atoms with Crippen LogP contribution in [0.15, 0.2) is 0 Å². The van der Waals surface area contributed by atoms with Gasteiger partial charge in [0.15, 0.2) is 6.10 Å². The second kappa shape index (κ2) is 36.0. The summed E-state index contributed by atoms with van der Waals surface area (Å²) >= 11 is 0. The molecule has 0 aromatic heterocycles. The molecule has 0 aliphatic rings. The molecule has 42 heavy (non-hydrogen) atoms. The van der Waals surface area contributed by atoms with Gasteiger partial charge in [-0.3, -0.25) is 9.59 Å². The molecule has 0 aliphatic carbocycles. The zero-order chi connectivity index (χ0) is 31.5. The van der Waals surface area contributed by atoms with E-state index in [4.69, 9.17) is 24.8 Å². The average Bonchev–Trinajstić information content (AvgIpc) is 3.00. The standard InChI is InChI=1S/C31H60O5.C3H8O3/c1-3-5-7-9-11-13-15-17-19-21-23-25-30(33)35-28-29(27-32)36-31(34)26-24-22-20-18-16-14-12-10-8-6-4-2;4-1-3(6)2-5/h29,32H,3-28H2,1-2H3;3-6H,1-2H2. The van der Waals surface area contributed by atoms with Gasteiger partial charge in [-0.2, -0.15) is 0 Å². The largest absolute Gasteiger partial charge is 0.462 e. The van der Waals surface area contributed by atoms with Crippen molar-refractivity contribution in [2.24, 2.45) is 0 Å². The number of esters is 2. The first-order chi connectivity index (χ1) is 20.4. The van der Waals surface area contributed by atoms with Crippen molar-refractivity contribution in [3.63, 3.8) is 0 Å². The van der Waals surface area contributed by atoms with Gasteiger partial charge in [-0.05, 0) is 12.8 Å². The van der Waals surface area contributed by atoms with Gasteiger partial charge in [0.1, 0.15) is 12.7 Å². The summed E-state index contributed by atoms with van der Waals surface area (Å²) in [5.41, 5.74) is 0. The van der Waals surface area contributed by atoms with E-state index >= 15 is 0 Å². The van der Waals surface area contributed by atoms with Crippen molar-refractivity contribution in [2.45, 2.75) is 180 Å². The number of unbranched alkanes of at least 4 members (excludes halogenated alkanes) is 20. The number of aliphatic hydroxyl groups excluding tert-OH is 4. The third-order valence-electron chi connectivity index (χ3n) is 7.32. The number of hydrogen-bond donors (Lipinski definition) is 4. The van der Waals surface area contributed by atoms with Gasteiger partial charge < -0.3 is 29.9 Å². The fraction of sp³-hybridized carbons (Fsp3) is 0.941. The van der Waals surface area contributed by atoms with Crippen LogP contribution in [0, 0.1) is 0 Å². The first-order valence-corrected chi connectivity index (χ1v) is 17.3. The van der Waals surface area contributed by atoms with E-state index < -0.39 is 12.2 Å². The maximum Gasteiger partial charge on any atom is 0.306 e. The number of carbonyl (C=O) groups is 2. The molecular weight excluding hydrogens is 536 g/mol. The number of rotatable bonds is 30. The Hall–Kier alpha value is -1.22. The van der Waals surface area contributed by atoms with Crippen molar-refractivity contribution >= 4 is 11.9 Å². The zero-order valence-corrected chi connectivity index (χ0v) is 27.4. The molecule has 0 saturated carbocycles. The molecule has 0 aromatic rings. The topological polar surface area (TPSA) is 134 Å². The van der Waals surface area contributed by atoms with E-state index in [1.54, 1.807) is 0 Å². The van der Waals surface area contributed by atoms with Gasteiger partial charge >= 0.3 is 11.9 Å². The molecule has 0 aliphatic heterocycles. The van der Waals surface area contributed by atoms with Gasteiger partial charge in [0.25, 0.3) is 0 Å². The summed E-state index contributed by atoms with van der Waals surface area (Å²) < 4.78 is 10.5. The van der Waals surface area contributed by atoms with Crippen LogP contribution in [0.1, 0.15) is 168 Å². The number of aliphatic hydroxyl groups is 4. The Balaban J connectivity index is 0. The molecule has 0 saturated heterocycles. The Kier molecular flexibility index (Phi) is 36.8. The maximum absolute atomic E-state index is 12.0. The van der Waals surface area contributed by atoms with Crippen molar-refractivity contribution < 1.29 is 39.5 Å². The molecule has 0 rings (SSSR count). The fourth-order valence-corrected chi connectivity index (χ4v) is 4.55. The van der Waals surface area contributed by atoms with E-state index in [1.807, 2.05) is 0 Å². The second-order valence-corrected chi connectivity index (χ2v) is 11.6. The third-order valence-corrected chi connectivity index (χ3v) is 7.32. The molecule has 0 aromatic carbocycles. The van der Waals surface area contributed by atoms with Gasteiger partial charge in [-0.15, -0.1) is 0 Å². The van der Waals surface area contributed by atoms with E-state index in [1.165, 1.54) is 103 Å². The average molecular weight is 605 g/mol. The fourth-order valence-electron chi connectivity index (χ4n) is 4.55. The van der Waals surface area contributed by atoms with Gasteiger partial charge in [0, 0.05) is 12.8 Å². The molecule has 8 heteroatoms. The summed E-state index contributed by atoms with van der Waals surface area (Å²) in [5, 5.41) is 33.5. The van der Waals surface area contributed by atoms with Crippen molar-refractivity contribution in [1.82, 2.24) is 0 Å². The smallest absolute Gasteiger partial charge is 0.306 e. The first kappa shape index (κ1) is 42.9. The first-order valence-electron chi connectivity index (χ1n) is 17.3. The summed E-state index contributed by atoms with van der Waals surface area (Å²) in [6, 6.07) is 0. The summed E-state index contributed by atoms with van der Waals surface area (Å²) in [7, 11) is 0. The quantitative estimate of drug-likeness (QED) is 0.0501. The zero-order valence-electron chi connectivity index (χ0n) is 27.4. The predicted octanol–water partition coefficient (Wildman–Crippen LogP) is 7.17. The van der Waals surface area contributed by atoms with Crippen LogP contribution in [0.2, 0.25) is 0 Å². The highest BCUT2D eigenvalue weighted by Gasteiger charge is 2.16. The normalized spacial score (nSPS) is 11.7. The highest BCUT2D eigenvalue weighted by molar-refractivity contribution is 5.70. The molecule has 1 unspecified atom stereocenters. The van der Waals surface area contributed by atoms with E-state index in [-0.39, 0.29) is 38.4 Å². The van der Waals surface area contributed by atoms with E-state index in [0.717, 1.165) is 38.5 Å². The van der Waals surface area contributed by atoms with E-state index in [2.05, 4.69) is 13.8 Å². The third kappa shape index (κ3) is 35.0. The summed E-state index contributed by atoms with van der Waals surface area (Å²) in [6.45, 7) is 3.38. The maximum atomic E-state index is 12.0. The Bertz CT molecular complexity index is 554. The molecule has 0 heterocycles. The molecule has 0 radical (unpaired) electrons. The minimum absolute atomic E-state index is 0.0582. The van der Waals surface area contributed by atoms with Crippen LogP contribution >= 0.6 is 0 Å². The summed E-state index contributed by atoms with van der Waals surface area (Å²) in [4.78, 5) is 24.0. The Labute approximate surface area is 258 Å². The van der Waals surface area contributed by atoms with E-state index in [9.17, 15) is 14.7 Å². The van der Waals surface area contributed by atoms with Gasteiger partial charge in [-0.25, -0.2) is 0 Å². The highest BCUT2D eigenvalue weighted by Crippen LogP contribution is 2.14. The number of carbonyl (C=O) groups excluding carboxylic acids is 2. The van der Waals surface area contributed by atoms with Crippen LogP contribution in [0.4, 0.5) is 0 Å². The van der Waals surface area contributed by atoms with Crippen LogP contribution in [0.25, 0.3) is 0 Å². The van der Waals surface area contributed by atoms with Crippen molar-refractivity contribution in [3.05, 3.63) is 0 Å². The monoisotopic (exact) mass is 604 g/mol. The Morgan fingerprint density at radius 1 is 0.500 bits per heavy atom. The lowest BCUT2D eigenvalue weighted by molar-refractivity contribution is -0.161. The number of hydrogen-bond acceptors (Lipinski definition) is 8. The minimum Gasteiger partial charge on any atom is -0.462 e. The lowest BCUT2D eigenvalue weighted by Gasteiger charge is -2.15. The van der Waals surface area contributed by atoms with Crippen LogP contribution in [-0.4, -0.2) is 71.0 Å². The van der Waals surface area contributed by atoms with Crippen LogP contribution in [0.3, 0.4) is 0 Å². The lowest BCUT2D eigenvalue weighted by Crippen LogP contribution is -2.28. The highest BCUT2D eigenvalue weighted by atomic mass is 16.6. The minimum atomic E-state index is -0.954. The van der Waals surface area contributed by atoms with Crippen molar-refractivity contribution in [3.8, 4) is 0 Å². The molecule has 4 N–H and O–H groups in total. The SMILES string of the molecule is CCCCCCCCCCCCCC(=O)OCC(CO)OC(=O)CCCCCCCCCCCCC.OCC(O)CO. The van der Waals surface area contributed by atoms with E-state index in [0.29, 0.717) is 12.8 Å². The molecule has 1 atom stereocenters. The second-order valence-electron chi connectivity index (χ2n) is 11.6. The lowest BCUT2D eigenvalue weighted by atomic mass is 10.1. The van der Waals surface area contributed by atoms with Gasteiger partial charge in [-0.1, -0.05) is 142 Å². The summed E-state index contributed by atoms with van der Waals surface area (Å²) in [6.07, 6.45) is 26.2. The number of ether oxygens (including phenoxy) is 2. The van der Waals surface area contributed by atoms with Crippen LogP contribution in [0.5, 0.6) is 0 Å². The Morgan fingerprint density at radius 3 is 1.14 bits per heavy atom. The molecule has 8 nitrogen and oxygen atoms in total. The Morgan fingerprint density at radius 2 is 0.833 bits per heavy atom. The molecule has 0 bridgehead atoms. The molecular formula is C34H68O8. The molecule has 0 spiro atoms. The molecule has 0 amide bonds. The molecule has 0 fully saturated rings. The predicted molar refractivity (Wildman–Crippen MR) is 170 cm³/mol.